The molecule has 8 N–H and O–H groups in total. The summed E-state index contributed by atoms with van der Waals surface area (Å²) in [4.78, 5) is 90.3. The maximum Gasteiger partial charge on any atom is 0.317 e. The standard InChI is InChI=1S/C34H49N7O4S.C28H32N6O3S.C27H30FN5O3S/c1-22-20-34(5,6)41(21-22)30-26(31(42)39-46(44,45)28-14-10-13-27(35)37-28)19-25(29(38-30)33(2,3)4)23-15-17-40(18-16-23)32(43)36-24-11-8-7-9-12-24;1-18-14-28(4,5)34(16-18)25-22(26(35)33-38(36,37)24-8-6-7-23(30)32-24)13-20(15-31-25)19-9-11-21(12-10-19)27(2,3)17-29;1-18-15-27(2,3)33(16-18)25-22(6-5-12-29-25)26(34)31-37(35,36)24-8-4-7-23(30-24)32-13-11-19-9-10-21(28)14-20(19)17-32/h10,13-15,19,22,24H,7-9,11-12,16-18,20-21H2,1-6H3,(H2,35,37)(H,36,43)(H,39,42);6-13,15,18H,14,16H2,1-5H3,(H2,30,32)(H,33,35);4-10,12,14,18H,11,13,15-17H2,1-3H3,(H,31,34)/t22-;;/m0../s1. The van der Waals surface area contributed by atoms with Crippen LogP contribution in [0.25, 0.3) is 16.7 Å². The summed E-state index contributed by atoms with van der Waals surface area (Å²) in [5.41, 5.74) is 16.9. The molecule has 6 aliphatic rings. The smallest absolute Gasteiger partial charge is 0.317 e. The second kappa shape index (κ2) is 35.1. The van der Waals surface area contributed by atoms with Gasteiger partial charge in [0.2, 0.25) is 0 Å². The Balaban J connectivity index is 0.000000167. The molecule has 8 aromatic rings. The number of nitriles is 1. The molecule has 3 saturated heterocycles. The van der Waals surface area contributed by atoms with Crippen LogP contribution in [-0.4, -0.2) is 146 Å². The fourth-order valence-corrected chi connectivity index (χ4v) is 20.2. The van der Waals surface area contributed by atoms with Gasteiger partial charge in [0.1, 0.15) is 40.7 Å². The van der Waals surface area contributed by atoms with Gasteiger partial charge in [-0.25, -0.2) is 53.3 Å². The van der Waals surface area contributed by atoms with Gasteiger partial charge in [0.05, 0.1) is 33.9 Å². The maximum absolute atomic E-state index is 14.0. The van der Waals surface area contributed by atoms with Crippen molar-refractivity contribution in [2.24, 2.45) is 17.8 Å². The summed E-state index contributed by atoms with van der Waals surface area (Å²) in [6.45, 7) is 33.1. The van der Waals surface area contributed by atoms with E-state index in [0.29, 0.717) is 98.7 Å². The maximum atomic E-state index is 14.0. The van der Waals surface area contributed by atoms with E-state index in [-0.39, 0.29) is 83.3 Å². The Morgan fingerprint density at radius 2 is 1.07 bits per heavy atom. The van der Waals surface area contributed by atoms with Gasteiger partial charge in [-0.15, -0.1) is 0 Å². The minimum Gasteiger partial charge on any atom is -0.384 e. The summed E-state index contributed by atoms with van der Waals surface area (Å²) < 4.78 is 99.3. The highest BCUT2D eigenvalue weighted by molar-refractivity contribution is 7.90. The summed E-state index contributed by atoms with van der Waals surface area (Å²) in [5, 5.41) is 11.7. The Labute approximate surface area is 710 Å². The van der Waals surface area contributed by atoms with Crippen LogP contribution >= 0.6 is 0 Å². The number of anilines is 6. The molecule has 1 saturated carbocycles. The minimum atomic E-state index is -4.32. The van der Waals surface area contributed by atoms with Crippen molar-refractivity contribution < 1.29 is 48.8 Å². The highest BCUT2D eigenvalue weighted by Crippen LogP contribution is 2.44. The second-order valence-electron chi connectivity index (χ2n) is 36.2. The van der Waals surface area contributed by atoms with Gasteiger partial charge >= 0.3 is 6.03 Å². The second-order valence-corrected chi connectivity index (χ2v) is 41.1. The molecule has 11 heterocycles. The van der Waals surface area contributed by atoms with Crippen LogP contribution in [0.15, 0.2) is 155 Å². The summed E-state index contributed by atoms with van der Waals surface area (Å²) in [5.74, 6) is 0.337. The van der Waals surface area contributed by atoms with Gasteiger partial charge in [-0.05, 0) is 219 Å². The lowest BCUT2D eigenvalue weighted by Crippen LogP contribution is -2.46. The third-order valence-corrected chi connectivity index (χ3v) is 27.0. The van der Waals surface area contributed by atoms with Crippen LogP contribution in [0.2, 0.25) is 0 Å². The Hall–Kier alpha value is -11.2. The van der Waals surface area contributed by atoms with Crippen LogP contribution in [0.4, 0.5) is 44.1 Å². The summed E-state index contributed by atoms with van der Waals surface area (Å²) in [7, 11) is -12.9. The van der Waals surface area contributed by atoms with E-state index in [1.165, 1.54) is 61.0 Å². The number of nitrogens with zero attached hydrogens (tertiary/aromatic N) is 12. The Morgan fingerprint density at radius 3 is 1.57 bits per heavy atom. The van der Waals surface area contributed by atoms with Gasteiger partial charge in [-0.1, -0.05) is 115 Å². The molecule has 1 aliphatic carbocycles. The molecule has 2 unspecified atom stereocenters. The molecule has 6 aromatic heterocycles. The number of nitrogens with one attached hydrogen (secondary N) is 4. The number of nitrogens with two attached hydrogens (primary N) is 2. The largest absolute Gasteiger partial charge is 0.384 e. The zero-order valence-electron chi connectivity index (χ0n) is 71.3. The lowest BCUT2D eigenvalue weighted by molar-refractivity contribution is 0.0972. The van der Waals surface area contributed by atoms with Crippen molar-refractivity contribution in [1.82, 2.24) is 54.3 Å². The number of hydrogen-bond acceptors (Lipinski definition) is 23. The Morgan fingerprint density at radius 1 is 0.554 bits per heavy atom. The lowest BCUT2D eigenvalue weighted by Gasteiger charge is -2.36. The first-order chi connectivity index (χ1) is 56.8. The lowest BCUT2D eigenvalue weighted by atomic mass is 9.83. The zero-order valence-corrected chi connectivity index (χ0v) is 73.8. The van der Waals surface area contributed by atoms with Gasteiger partial charge < -0.3 is 41.3 Å². The molecule has 32 heteroatoms. The number of hydrogen-bond donors (Lipinski definition) is 6. The number of halogens is 1. The van der Waals surface area contributed by atoms with Crippen LogP contribution in [0, 0.1) is 34.9 Å². The molecule has 4 fully saturated rings. The van der Waals surface area contributed by atoms with Crippen molar-refractivity contribution >= 4 is 94.3 Å². The average Bonchev–Trinajstić information content (AvgIpc) is 1.70. The normalized spacial score (nSPS) is 19.1. The molecule has 0 spiro atoms. The predicted octanol–water partition coefficient (Wildman–Crippen LogP) is 13.4. The van der Waals surface area contributed by atoms with Gasteiger partial charge in [0.25, 0.3) is 47.8 Å². The molecule has 28 nitrogen and oxygen atoms in total. The van der Waals surface area contributed by atoms with E-state index in [2.05, 4.69) is 148 Å². The summed E-state index contributed by atoms with van der Waals surface area (Å²) >= 11 is 0. The highest BCUT2D eigenvalue weighted by atomic mass is 32.2. The number of sulfonamides is 3. The average molecular weight is 1710 g/mol. The van der Waals surface area contributed by atoms with E-state index in [1.54, 1.807) is 54.9 Å². The first-order valence-corrected chi connectivity index (χ1v) is 45.5. The topological polar surface area (TPSA) is 388 Å². The van der Waals surface area contributed by atoms with Crippen molar-refractivity contribution in [1.29, 1.82) is 5.26 Å². The van der Waals surface area contributed by atoms with Crippen LogP contribution < -0.4 is 50.6 Å². The van der Waals surface area contributed by atoms with Gasteiger partial charge in [0, 0.05) is 97.4 Å². The quantitative estimate of drug-likeness (QED) is 0.0493. The molecule has 121 heavy (non-hydrogen) atoms. The van der Waals surface area contributed by atoms with Crippen molar-refractivity contribution in [3.05, 3.63) is 190 Å². The fourth-order valence-electron chi connectivity index (χ4n) is 17.4. The third-order valence-electron chi connectivity index (χ3n) is 23.3. The molecule has 5 amide bonds. The third kappa shape index (κ3) is 20.6. The first kappa shape index (κ1) is 89.1. The number of nitrogen functional groups attached to an aromatic ring is 2. The number of carbonyl (C=O) groups excluding carboxylic acids is 4. The van der Waals surface area contributed by atoms with Crippen LogP contribution in [-0.2, 0) is 53.9 Å². The number of fused-ring (bicyclic) bond motifs is 1. The Bertz CT molecular complexity index is 5710. The minimum absolute atomic E-state index is 0.0282. The van der Waals surface area contributed by atoms with E-state index in [4.69, 9.17) is 16.5 Å². The monoisotopic (exact) mass is 1710 g/mol. The molecular formula is C89H111FN18O10S3. The molecule has 3 atom stereocenters. The van der Waals surface area contributed by atoms with Gasteiger partial charge in [0.15, 0.2) is 15.1 Å². The SMILES string of the molecule is CC1CN(c2ncc(-c3ccc(C(C)(C)C#N)cc3)cc2C(=O)NS(=O)(=O)c2cccc(N)n2)C(C)(C)C1.CC1CN(c2ncccc2C(=O)NS(=O)(=O)c2cccc(N3CCc4ccc(F)cc4C3)n2)C(C)(C)C1.C[C@@H]1CN(c2nc(C(C)(C)C)c(C3=CCN(C(=O)NC4CCCCC4)CC3)cc2C(=O)NS(=O)(=O)c2cccc(N)n2)C(C)(C)C1. The molecule has 14 rings (SSSR count). The number of amides is 5. The molecule has 5 aliphatic heterocycles. The van der Waals surface area contributed by atoms with E-state index in [0.717, 1.165) is 90.6 Å². The Kier molecular flexibility index (Phi) is 25.9. The fraction of sp³-hybridized carbons (Fsp3) is 0.449. The van der Waals surface area contributed by atoms with Crippen molar-refractivity contribution in [3.8, 4) is 17.2 Å². The molecular weight excluding hydrogens is 1600 g/mol. The predicted molar refractivity (Wildman–Crippen MR) is 467 cm³/mol. The molecule has 642 valence electrons. The summed E-state index contributed by atoms with van der Waals surface area (Å²) in [6.07, 6.45) is 14.9. The number of pyridine rings is 6. The molecule has 0 bridgehead atoms. The van der Waals surface area contributed by atoms with Crippen molar-refractivity contribution in [3.63, 3.8) is 0 Å². The molecule has 0 radical (unpaired) electrons. The highest BCUT2D eigenvalue weighted by Gasteiger charge is 2.44. The summed E-state index contributed by atoms with van der Waals surface area (Å²) in [6, 6.07) is 34.4. The van der Waals surface area contributed by atoms with Crippen LogP contribution in [0.5, 0.6) is 0 Å². The van der Waals surface area contributed by atoms with Crippen LogP contribution in [0.3, 0.4) is 0 Å². The van der Waals surface area contributed by atoms with Crippen molar-refractivity contribution in [2.75, 3.05) is 70.3 Å². The van der Waals surface area contributed by atoms with Crippen molar-refractivity contribution in [2.45, 2.75) is 216 Å². The van der Waals surface area contributed by atoms with Gasteiger partial charge in [-0.3, -0.25) is 14.4 Å². The number of aromatic nitrogens is 6. The van der Waals surface area contributed by atoms with E-state index in [9.17, 15) is 54.1 Å². The number of benzene rings is 2. The van der Waals surface area contributed by atoms with Crippen LogP contribution in [0.1, 0.15) is 214 Å². The number of urea groups is 1. The van der Waals surface area contributed by atoms with Gasteiger partial charge in [-0.2, -0.15) is 30.5 Å². The zero-order chi connectivity index (χ0) is 87.7. The van der Waals surface area contributed by atoms with E-state index >= 15 is 0 Å². The van der Waals surface area contributed by atoms with E-state index < -0.39 is 53.2 Å². The first-order valence-electron chi connectivity index (χ1n) is 41.1. The number of carbonyl (C=O) groups is 4. The number of rotatable bonds is 17. The van der Waals surface area contributed by atoms with E-state index in [1.807, 2.05) is 54.0 Å². The molecule has 2 aromatic carbocycles.